The highest BCUT2D eigenvalue weighted by Gasteiger charge is 2.10. The monoisotopic (exact) mass is 279 g/mol. The van der Waals surface area contributed by atoms with Crippen LogP contribution < -0.4 is 14.8 Å². The predicted molar refractivity (Wildman–Crippen MR) is 80.5 cm³/mol. The molecule has 4 heteroatoms. The molecule has 0 atom stereocenters. The number of ether oxygens (including phenoxy) is 2. The molecule has 0 saturated carbocycles. The maximum absolute atomic E-state index is 5.69. The van der Waals surface area contributed by atoms with Gasteiger partial charge in [-0.3, -0.25) is 0 Å². The molecule has 0 unspecified atom stereocenters. The number of likely N-dealkylation sites (N-methyl/N-ethyl adjacent to an activating group) is 1. The van der Waals surface area contributed by atoms with Crippen molar-refractivity contribution in [1.82, 2.24) is 5.32 Å². The molecule has 2 rings (SSSR count). The molecule has 0 aliphatic carbocycles. The van der Waals surface area contributed by atoms with Gasteiger partial charge in [-0.2, -0.15) is 0 Å². The van der Waals surface area contributed by atoms with Crippen LogP contribution in [0, 0.1) is 0 Å². The zero-order chi connectivity index (χ0) is 13.5. The van der Waals surface area contributed by atoms with Crippen molar-refractivity contribution in [2.45, 2.75) is 18.2 Å². The number of rotatable bonds is 6. The van der Waals surface area contributed by atoms with Crippen LogP contribution >= 0.6 is 11.8 Å². The lowest BCUT2D eigenvalue weighted by Crippen LogP contribution is -2.16. The number of hydrogen-bond donors (Lipinski definition) is 1. The molecule has 0 saturated heterocycles. The van der Waals surface area contributed by atoms with Gasteiger partial charge in [-0.1, -0.05) is 19.1 Å². The second-order valence-electron chi connectivity index (χ2n) is 4.48. The SMILES string of the molecule is C=C(CNCC)CSc1ccc2c(c1)OCCCO2. The first-order valence-electron chi connectivity index (χ1n) is 6.69. The predicted octanol–water partition coefficient (Wildman–Crippen LogP) is 3.11. The highest BCUT2D eigenvalue weighted by atomic mass is 32.2. The van der Waals surface area contributed by atoms with E-state index in [1.165, 1.54) is 10.5 Å². The quantitative estimate of drug-likeness (QED) is 0.640. The highest BCUT2D eigenvalue weighted by Crippen LogP contribution is 2.34. The van der Waals surface area contributed by atoms with Gasteiger partial charge in [-0.15, -0.1) is 11.8 Å². The Bertz CT molecular complexity index is 434. The topological polar surface area (TPSA) is 30.5 Å². The van der Waals surface area contributed by atoms with Crippen LogP contribution in [0.5, 0.6) is 11.5 Å². The Kier molecular flexibility index (Phi) is 5.61. The minimum Gasteiger partial charge on any atom is -0.490 e. The fourth-order valence-electron chi connectivity index (χ4n) is 1.77. The first kappa shape index (κ1) is 14.3. The van der Waals surface area contributed by atoms with E-state index in [4.69, 9.17) is 9.47 Å². The third-order valence-corrected chi connectivity index (χ3v) is 3.93. The van der Waals surface area contributed by atoms with Gasteiger partial charge < -0.3 is 14.8 Å². The number of benzene rings is 1. The van der Waals surface area contributed by atoms with Crippen LogP contribution in [0.25, 0.3) is 0 Å². The number of hydrogen-bond acceptors (Lipinski definition) is 4. The van der Waals surface area contributed by atoms with Crippen molar-refractivity contribution in [3.63, 3.8) is 0 Å². The third kappa shape index (κ3) is 4.48. The van der Waals surface area contributed by atoms with Crippen LogP contribution in [-0.2, 0) is 0 Å². The molecule has 0 aromatic heterocycles. The standard InChI is InChI=1S/C15H21NO2S/c1-3-16-10-12(2)11-19-13-5-6-14-15(9-13)18-8-4-7-17-14/h5-6,9,16H,2-4,7-8,10-11H2,1H3. The normalized spacial score (nSPS) is 13.9. The van der Waals surface area contributed by atoms with Crippen molar-refractivity contribution < 1.29 is 9.47 Å². The largest absolute Gasteiger partial charge is 0.490 e. The molecule has 1 aromatic rings. The Labute approximate surface area is 119 Å². The van der Waals surface area contributed by atoms with Crippen LogP contribution in [0.2, 0.25) is 0 Å². The van der Waals surface area contributed by atoms with Crippen LogP contribution in [0.1, 0.15) is 13.3 Å². The Morgan fingerprint density at radius 2 is 2.11 bits per heavy atom. The lowest BCUT2D eigenvalue weighted by Gasteiger charge is -2.10. The first-order chi connectivity index (χ1) is 9.29. The van der Waals surface area contributed by atoms with E-state index >= 15 is 0 Å². The molecule has 1 aliphatic heterocycles. The van der Waals surface area contributed by atoms with E-state index in [-0.39, 0.29) is 0 Å². The van der Waals surface area contributed by atoms with Gasteiger partial charge in [0.1, 0.15) is 0 Å². The molecule has 3 nitrogen and oxygen atoms in total. The number of thioether (sulfide) groups is 1. The van der Waals surface area contributed by atoms with Crippen molar-refractivity contribution in [2.24, 2.45) is 0 Å². The average molecular weight is 279 g/mol. The molecular weight excluding hydrogens is 258 g/mol. The summed E-state index contributed by atoms with van der Waals surface area (Å²) in [5.41, 5.74) is 1.21. The van der Waals surface area contributed by atoms with Crippen molar-refractivity contribution in [3.05, 3.63) is 30.4 Å². The van der Waals surface area contributed by atoms with E-state index in [9.17, 15) is 0 Å². The minimum absolute atomic E-state index is 0.730. The summed E-state index contributed by atoms with van der Waals surface area (Å²) in [5, 5.41) is 3.28. The summed E-state index contributed by atoms with van der Waals surface area (Å²) in [4.78, 5) is 1.20. The lowest BCUT2D eigenvalue weighted by atomic mass is 10.3. The lowest BCUT2D eigenvalue weighted by molar-refractivity contribution is 0.297. The van der Waals surface area contributed by atoms with E-state index in [1.54, 1.807) is 11.8 Å². The maximum Gasteiger partial charge on any atom is 0.162 e. The van der Waals surface area contributed by atoms with Crippen molar-refractivity contribution in [3.8, 4) is 11.5 Å². The van der Waals surface area contributed by atoms with Gasteiger partial charge in [0, 0.05) is 23.6 Å². The van der Waals surface area contributed by atoms with Gasteiger partial charge in [0.25, 0.3) is 0 Å². The van der Waals surface area contributed by atoms with E-state index in [0.717, 1.165) is 50.0 Å². The summed E-state index contributed by atoms with van der Waals surface area (Å²) in [7, 11) is 0. The van der Waals surface area contributed by atoms with E-state index in [1.807, 2.05) is 6.07 Å². The minimum atomic E-state index is 0.730. The van der Waals surface area contributed by atoms with Crippen LogP contribution in [0.4, 0.5) is 0 Å². The van der Waals surface area contributed by atoms with Gasteiger partial charge in [0.15, 0.2) is 11.5 Å². The number of nitrogens with one attached hydrogen (secondary N) is 1. The highest BCUT2D eigenvalue weighted by molar-refractivity contribution is 7.99. The first-order valence-corrected chi connectivity index (χ1v) is 7.68. The Morgan fingerprint density at radius 3 is 2.89 bits per heavy atom. The molecule has 0 radical (unpaired) electrons. The summed E-state index contributed by atoms with van der Waals surface area (Å²) >= 11 is 1.78. The molecule has 0 bridgehead atoms. The maximum atomic E-state index is 5.69. The van der Waals surface area contributed by atoms with Gasteiger partial charge in [0.05, 0.1) is 13.2 Å². The summed E-state index contributed by atoms with van der Waals surface area (Å²) in [5.74, 6) is 2.64. The van der Waals surface area contributed by atoms with Gasteiger partial charge >= 0.3 is 0 Å². The molecule has 0 spiro atoms. The average Bonchev–Trinajstić information content (AvgIpc) is 2.67. The summed E-state index contributed by atoms with van der Waals surface area (Å²) < 4.78 is 11.3. The zero-order valence-electron chi connectivity index (χ0n) is 11.4. The second kappa shape index (κ2) is 7.46. The van der Waals surface area contributed by atoms with Gasteiger partial charge in [0.2, 0.25) is 0 Å². The molecule has 0 fully saturated rings. The molecule has 1 aliphatic rings. The van der Waals surface area contributed by atoms with Crippen LogP contribution in [0.15, 0.2) is 35.2 Å². The Balaban J connectivity index is 1.90. The second-order valence-corrected chi connectivity index (χ2v) is 5.53. The van der Waals surface area contributed by atoms with Gasteiger partial charge in [-0.25, -0.2) is 0 Å². The fraction of sp³-hybridized carbons (Fsp3) is 0.467. The summed E-state index contributed by atoms with van der Waals surface area (Å²) in [6.07, 6.45) is 0.941. The van der Waals surface area contributed by atoms with Crippen molar-refractivity contribution in [2.75, 3.05) is 32.1 Å². The molecule has 1 aromatic carbocycles. The van der Waals surface area contributed by atoms with Crippen molar-refractivity contribution in [1.29, 1.82) is 0 Å². The summed E-state index contributed by atoms with van der Waals surface area (Å²) in [6.45, 7) is 9.50. The summed E-state index contributed by atoms with van der Waals surface area (Å²) in [6, 6.07) is 6.14. The molecule has 19 heavy (non-hydrogen) atoms. The molecule has 1 heterocycles. The van der Waals surface area contributed by atoms with E-state index in [0.29, 0.717) is 0 Å². The molecular formula is C15H21NO2S. The molecule has 104 valence electrons. The number of fused-ring (bicyclic) bond motifs is 1. The fourth-order valence-corrected chi connectivity index (χ4v) is 2.60. The zero-order valence-corrected chi connectivity index (χ0v) is 12.2. The Hall–Kier alpha value is -1.13. The Morgan fingerprint density at radius 1 is 1.32 bits per heavy atom. The van der Waals surface area contributed by atoms with E-state index < -0.39 is 0 Å². The van der Waals surface area contributed by atoms with Crippen LogP contribution in [0.3, 0.4) is 0 Å². The molecule has 0 amide bonds. The third-order valence-electron chi connectivity index (χ3n) is 2.79. The van der Waals surface area contributed by atoms with E-state index in [2.05, 4.69) is 31.0 Å². The van der Waals surface area contributed by atoms with Crippen molar-refractivity contribution >= 4 is 11.8 Å². The smallest absolute Gasteiger partial charge is 0.162 e. The molecule has 1 N–H and O–H groups in total. The van der Waals surface area contributed by atoms with Crippen LogP contribution in [-0.4, -0.2) is 32.1 Å². The van der Waals surface area contributed by atoms with Gasteiger partial charge in [-0.05, 0) is 24.7 Å².